The van der Waals surface area contributed by atoms with Gasteiger partial charge in [-0.05, 0) is 31.2 Å². The molecule has 1 amide bonds. The number of carbonyl (C=O) groups is 1. The lowest BCUT2D eigenvalue weighted by molar-refractivity contribution is -0.383. The van der Waals surface area contributed by atoms with E-state index in [0.29, 0.717) is 23.3 Å². The molecule has 0 saturated carbocycles. The first-order valence-electron chi connectivity index (χ1n) is 7.83. The number of nitrogens with zero attached hydrogens (tertiary/aromatic N) is 4. The molecular formula is C16H14ClN5O4S. The molecule has 1 N–H and O–H groups in total. The maximum Gasteiger partial charge on any atom is 0.294 e. The third kappa shape index (κ3) is 4.29. The molecular weight excluding hydrogens is 394 g/mol. The van der Waals surface area contributed by atoms with E-state index in [0.717, 1.165) is 0 Å². The Bertz CT molecular complexity index is 973. The van der Waals surface area contributed by atoms with Gasteiger partial charge in [-0.15, -0.1) is 10.2 Å². The molecule has 11 heteroatoms. The number of furan rings is 1. The summed E-state index contributed by atoms with van der Waals surface area (Å²) >= 11 is 6.94. The van der Waals surface area contributed by atoms with Crippen molar-refractivity contribution in [2.45, 2.75) is 18.6 Å². The van der Waals surface area contributed by atoms with Crippen LogP contribution in [-0.2, 0) is 11.3 Å². The molecule has 0 bridgehead atoms. The molecule has 0 aliphatic heterocycles. The number of anilines is 1. The number of hydrogen-bond donors (Lipinski definition) is 1. The lowest BCUT2D eigenvalue weighted by Crippen LogP contribution is -2.15. The Morgan fingerprint density at radius 2 is 2.22 bits per heavy atom. The second-order valence-corrected chi connectivity index (χ2v) is 6.66. The largest absolute Gasteiger partial charge is 0.461 e. The third-order valence-electron chi connectivity index (χ3n) is 3.54. The molecule has 1 aromatic carbocycles. The van der Waals surface area contributed by atoms with Gasteiger partial charge < -0.3 is 9.73 Å². The van der Waals surface area contributed by atoms with Crippen LogP contribution in [0.15, 0.2) is 46.2 Å². The summed E-state index contributed by atoms with van der Waals surface area (Å²) in [7, 11) is 0. The van der Waals surface area contributed by atoms with Crippen LogP contribution in [0.5, 0.6) is 0 Å². The number of benzene rings is 1. The Kier molecular flexibility index (Phi) is 5.77. The molecule has 2 aromatic heterocycles. The predicted octanol–water partition coefficient (Wildman–Crippen LogP) is 3.85. The van der Waals surface area contributed by atoms with Crippen LogP contribution in [0.25, 0.3) is 11.6 Å². The first-order chi connectivity index (χ1) is 13.0. The summed E-state index contributed by atoms with van der Waals surface area (Å²) in [4.78, 5) is 22.7. The van der Waals surface area contributed by atoms with Crippen LogP contribution in [0, 0.1) is 10.1 Å². The number of nitrogens with one attached hydrogen (secondary N) is 1. The fourth-order valence-electron chi connectivity index (χ4n) is 2.35. The number of hydrogen-bond acceptors (Lipinski definition) is 7. The van der Waals surface area contributed by atoms with Gasteiger partial charge in [-0.1, -0.05) is 23.4 Å². The van der Waals surface area contributed by atoms with Crippen molar-refractivity contribution in [3.8, 4) is 11.6 Å². The van der Waals surface area contributed by atoms with Crippen molar-refractivity contribution in [3.63, 3.8) is 0 Å². The molecule has 0 radical (unpaired) electrons. The lowest BCUT2D eigenvalue weighted by atomic mass is 10.2. The molecule has 0 saturated heterocycles. The first-order valence-corrected chi connectivity index (χ1v) is 9.19. The molecule has 0 spiro atoms. The summed E-state index contributed by atoms with van der Waals surface area (Å²) in [6, 6.07) is 7.58. The SMILES string of the molecule is CCn1c(SCC(=O)Nc2ccc(Cl)cc2[N+](=O)[O-])nnc1-c1ccco1. The lowest BCUT2D eigenvalue weighted by Gasteiger charge is -2.07. The average Bonchev–Trinajstić information content (AvgIpc) is 3.30. The summed E-state index contributed by atoms with van der Waals surface area (Å²) in [6.07, 6.45) is 1.54. The maximum absolute atomic E-state index is 12.2. The second kappa shape index (κ2) is 8.23. The van der Waals surface area contributed by atoms with Crippen molar-refractivity contribution >= 4 is 40.6 Å². The van der Waals surface area contributed by atoms with Crippen molar-refractivity contribution < 1.29 is 14.1 Å². The zero-order valence-electron chi connectivity index (χ0n) is 14.1. The van der Waals surface area contributed by atoms with Crippen LogP contribution in [0.1, 0.15) is 6.92 Å². The number of halogens is 1. The van der Waals surface area contributed by atoms with Crippen molar-refractivity contribution in [3.05, 3.63) is 51.7 Å². The summed E-state index contributed by atoms with van der Waals surface area (Å²) < 4.78 is 7.16. The first kappa shape index (κ1) is 18.9. The van der Waals surface area contributed by atoms with Crippen molar-refractivity contribution in [2.75, 3.05) is 11.1 Å². The fraction of sp³-hybridized carbons (Fsp3) is 0.188. The van der Waals surface area contributed by atoms with Crippen molar-refractivity contribution in [1.82, 2.24) is 14.8 Å². The fourth-order valence-corrected chi connectivity index (χ4v) is 3.32. The van der Waals surface area contributed by atoms with E-state index >= 15 is 0 Å². The van der Waals surface area contributed by atoms with E-state index in [4.69, 9.17) is 16.0 Å². The van der Waals surface area contributed by atoms with Gasteiger partial charge in [0.25, 0.3) is 5.69 Å². The van der Waals surface area contributed by atoms with Gasteiger partial charge in [-0.3, -0.25) is 19.5 Å². The normalized spacial score (nSPS) is 10.7. The highest BCUT2D eigenvalue weighted by Crippen LogP contribution is 2.28. The zero-order valence-corrected chi connectivity index (χ0v) is 15.7. The van der Waals surface area contributed by atoms with E-state index in [1.165, 1.54) is 30.0 Å². The molecule has 3 aromatic rings. The topological polar surface area (TPSA) is 116 Å². The average molecular weight is 408 g/mol. The number of nitro benzene ring substituents is 1. The molecule has 140 valence electrons. The smallest absolute Gasteiger partial charge is 0.294 e. The van der Waals surface area contributed by atoms with Crippen molar-refractivity contribution in [2.24, 2.45) is 0 Å². The Morgan fingerprint density at radius 1 is 1.41 bits per heavy atom. The number of nitro groups is 1. The zero-order chi connectivity index (χ0) is 19.4. The second-order valence-electron chi connectivity index (χ2n) is 5.28. The van der Waals surface area contributed by atoms with Gasteiger partial charge in [0.05, 0.1) is 16.9 Å². The molecule has 2 heterocycles. The predicted molar refractivity (Wildman–Crippen MR) is 101 cm³/mol. The number of amides is 1. The van der Waals surface area contributed by atoms with Gasteiger partial charge in [0, 0.05) is 17.6 Å². The van der Waals surface area contributed by atoms with E-state index in [1.54, 1.807) is 18.4 Å². The quantitative estimate of drug-likeness (QED) is 0.359. The van der Waals surface area contributed by atoms with Crippen LogP contribution in [0.4, 0.5) is 11.4 Å². The molecule has 0 aliphatic rings. The van der Waals surface area contributed by atoms with E-state index in [2.05, 4.69) is 15.5 Å². The van der Waals surface area contributed by atoms with Gasteiger partial charge in [0.1, 0.15) is 5.69 Å². The third-order valence-corrected chi connectivity index (χ3v) is 4.74. The number of thioether (sulfide) groups is 1. The number of rotatable bonds is 7. The van der Waals surface area contributed by atoms with E-state index in [9.17, 15) is 14.9 Å². The molecule has 9 nitrogen and oxygen atoms in total. The summed E-state index contributed by atoms with van der Waals surface area (Å²) in [5.74, 6) is 0.752. The highest BCUT2D eigenvalue weighted by molar-refractivity contribution is 7.99. The summed E-state index contributed by atoms with van der Waals surface area (Å²) in [6.45, 7) is 2.52. The minimum absolute atomic E-state index is 0.00999. The van der Waals surface area contributed by atoms with Gasteiger partial charge in [0.2, 0.25) is 5.91 Å². The van der Waals surface area contributed by atoms with E-state index < -0.39 is 10.8 Å². The van der Waals surface area contributed by atoms with E-state index in [1.807, 2.05) is 11.5 Å². The Balaban J connectivity index is 1.69. The van der Waals surface area contributed by atoms with Gasteiger partial charge in [-0.25, -0.2) is 0 Å². The standard InChI is InChI=1S/C16H14ClN5O4S/c1-2-21-15(13-4-3-7-26-13)19-20-16(21)27-9-14(23)18-11-6-5-10(17)8-12(11)22(24)25/h3-8H,2,9H2,1H3,(H,18,23). The van der Waals surface area contributed by atoms with Gasteiger partial charge in [0.15, 0.2) is 16.7 Å². The van der Waals surface area contributed by atoms with Gasteiger partial charge >= 0.3 is 0 Å². The molecule has 0 fully saturated rings. The van der Waals surface area contributed by atoms with E-state index in [-0.39, 0.29) is 22.2 Å². The number of aromatic nitrogens is 3. The summed E-state index contributed by atoms with van der Waals surface area (Å²) in [5, 5.41) is 22.6. The Hall–Kier alpha value is -2.85. The van der Waals surface area contributed by atoms with Crippen LogP contribution in [-0.4, -0.2) is 31.3 Å². The summed E-state index contributed by atoms with van der Waals surface area (Å²) in [5.41, 5.74) is -0.180. The molecule has 27 heavy (non-hydrogen) atoms. The van der Waals surface area contributed by atoms with Crippen LogP contribution >= 0.6 is 23.4 Å². The van der Waals surface area contributed by atoms with Crippen molar-refractivity contribution in [1.29, 1.82) is 0 Å². The van der Waals surface area contributed by atoms with Crippen LogP contribution in [0.3, 0.4) is 0 Å². The monoisotopic (exact) mass is 407 g/mol. The molecule has 0 unspecified atom stereocenters. The molecule has 0 atom stereocenters. The number of carbonyl (C=O) groups excluding carboxylic acids is 1. The Labute approximate surface area is 162 Å². The maximum atomic E-state index is 12.2. The molecule has 3 rings (SSSR count). The molecule has 0 aliphatic carbocycles. The van der Waals surface area contributed by atoms with Crippen LogP contribution in [0.2, 0.25) is 5.02 Å². The van der Waals surface area contributed by atoms with Gasteiger partial charge in [-0.2, -0.15) is 0 Å². The highest BCUT2D eigenvalue weighted by Gasteiger charge is 2.19. The minimum Gasteiger partial charge on any atom is -0.461 e. The highest BCUT2D eigenvalue weighted by atomic mass is 35.5. The van der Waals surface area contributed by atoms with Crippen LogP contribution < -0.4 is 5.32 Å². The Morgan fingerprint density at radius 3 is 2.89 bits per heavy atom. The minimum atomic E-state index is -0.599.